The number of benzene rings is 1. The molecule has 1 aliphatic carbocycles. The number of aromatic nitrogens is 2. The minimum Gasteiger partial charge on any atom is -0.373 e. The molecule has 1 N–H and O–H groups in total. The van der Waals surface area contributed by atoms with Crippen molar-refractivity contribution in [1.29, 1.82) is 0 Å². The van der Waals surface area contributed by atoms with Gasteiger partial charge in [-0.05, 0) is 90.8 Å². The number of rotatable bonds is 6. The van der Waals surface area contributed by atoms with E-state index >= 15 is 0 Å². The van der Waals surface area contributed by atoms with E-state index in [1.165, 1.54) is 44.7 Å². The zero-order valence-corrected chi connectivity index (χ0v) is 24.0. The van der Waals surface area contributed by atoms with Gasteiger partial charge in [0.1, 0.15) is 5.82 Å². The average molecular weight is 522 g/mol. The summed E-state index contributed by atoms with van der Waals surface area (Å²) in [6, 6.07) is 10.3. The maximum atomic E-state index is 12.5. The fourth-order valence-corrected chi connectivity index (χ4v) is 5.94. The van der Waals surface area contributed by atoms with E-state index in [9.17, 15) is 4.79 Å². The summed E-state index contributed by atoms with van der Waals surface area (Å²) in [7, 11) is 5.49. The molecule has 3 heterocycles. The fraction of sp³-hybridized carbons (Fsp3) is 0.364. The summed E-state index contributed by atoms with van der Waals surface area (Å²) >= 11 is 0. The van der Waals surface area contributed by atoms with Crippen LogP contribution in [0.3, 0.4) is 0 Å². The number of carbonyl (C=O) groups is 1. The molecule has 5 rings (SSSR count). The van der Waals surface area contributed by atoms with Gasteiger partial charge in [0.25, 0.3) is 5.91 Å². The Morgan fingerprint density at radius 1 is 1.13 bits per heavy atom. The topological polar surface area (TPSA) is 61.4 Å². The summed E-state index contributed by atoms with van der Waals surface area (Å²) in [5.41, 5.74) is 12.0. The summed E-state index contributed by atoms with van der Waals surface area (Å²) in [5, 5.41) is 3.10. The zero-order chi connectivity index (χ0) is 27.7. The Morgan fingerprint density at radius 2 is 1.90 bits per heavy atom. The monoisotopic (exact) mass is 521 g/mol. The highest BCUT2D eigenvalue weighted by molar-refractivity contribution is 5.95. The molecule has 0 saturated carbocycles. The first-order valence-corrected chi connectivity index (χ1v) is 13.8. The normalized spacial score (nSPS) is 17.2. The predicted molar refractivity (Wildman–Crippen MR) is 161 cm³/mol. The second-order valence-corrected chi connectivity index (χ2v) is 11.1. The van der Waals surface area contributed by atoms with Crippen molar-refractivity contribution < 1.29 is 4.79 Å². The van der Waals surface area contributed by atoms with Crippen LogP contribution in [-0.4, -0.2) is 66.5 Å². The molecule has 0 fully saturated rings. The molecule has 1 unspecified atom stereocenters. The highest BCUT2D eigenvalue weighted by Gasteiger charge is 2.24. The molecule has 6 heteroatoms. The molecule has 0 radical (unpaired) electrons. The van der Waals surface area contributed by atoms with Crippen molar-refractivity contribution in [1.82, 2.24) is 19.8 Å². The minimum atomic E-state index is 0.0533. The Balaban J connectivity index is 1.35. The molecule has 1 atom stereocenters. The second-order valence-electron chi connectivity index (χ2n) is 11.1. The Bertz CT molecular complexity index is 1430. The highest BCUT2D eigenvalue weighted by Crippen LogP contribution is 2.35. The van der Waals surface area contributed by atoms with E-state index in [0.29, 0.717) is 5.92 Å². The van der Waals surface area contributed by atoms with Crippen molar-refractivity contribution >= 4 is 23.4 Å². The van der Waals surface area contributed by atoms with Crippen molar-refractivity contribution in [2.24, 2.45) is 5.92 Å². The lowest BCUT2D eigenvalue weighted by Gasteiger charge is -2.32. The van der Waals surface area contributed by atoms with Crippen molar-refractivity contribution in [3.63, 3.8) is 0 Å². The van der Waals surface area contributed by atoms with Gasteiger partial charge in [-0.3, -0.25) is 14.7 Å². The number of fused-ring (bicyclic) bond motifs is 1. The van der Waals surface area contributed by atoms with Gasteiger partial charge in [0, 0.05) is 75.6 Å². The molecule has 1 aliphatic heterocycles. The fourth-order valence-electron chi connectivity index (χ4n) is 5.94. The van der Waals surface area contributed by atoms with Gasteiger partial charge in [0.15, 0.2) is 0 Å². The van der Waals surface area contributed by atoms with E-state index in [-0.39, 0.29) is 5.91 Å². The first-order valence-electron chi connectivity index (χ1n) is 13.8. The van der Waals surface area contributed by atoms with Gasteiger partial charge in [-0.25, -0.2) is 4.98 Å². The Kier molecular flexibility index (Phi) is 7.67. The third-order valence-corrected chi connectivity index (χ3v) is 8.07. The number of anilines is 1. The van der Waals surface area contributed by atoms with Gasteiger partial charge < -0.3 is 10.2 Å². The van der Waals surface area contributed by atoms with Crippen molar-refractivity contribution in [3.8, 4) is 11.1 Å². The number of nitrogens with one attached hydrogen (secondary N) is 1. The maximum Gasteiger partial charge on any atom is 0.253 e. The lowest BCUT2D eigenvalue weighted by molar-refractivity contribution is 0.0827. The van der Waals surface area contributed by atoms with E-state index in [1.807, 2.05) is 37.6 Å². The number of amides is 1. The molecule has 1 amide bonds. The minimum absolute atomic E-state index is 0.0533. The quantitative estimate of drug-likeness (QED) is 0.440. The van der Waals surface area contributed by atoms with E-state index in [4.69, 9.17) is 4.98 Å². The molecule has 0 bridgehead atoms. The highest BCUT2D eigenvalue weighted by atomic mass is 16.2. The lowest BCUT2D eigenvalue weighted by Crippen LogP contribution is -2.32. The third-order valence-electron chi connectivity index (χ3n) is 8.07. The van der Waals surface area contributed by atoms with Crippen molar-refractivity contribution in [3.05, 3.63) is 87.9 Å². The van der Waals surface area contributed by atoms with Crippen molar-refractivity contribution in [2.45, 2.75) is 33.6 Å². The Morgan fingerprint density at radius 3 is 2.51 bits per heavy atom. The molecule has 3 aromatic rings. The van der Waals surface area contributed by atoms with Gasteiger partial charge in [0.2, 0.25) is 0 Å². The van der Waals surface area contributed by atoms with Crippen LogP contribution in [0.5, 0.6) is 0 Å². The molecule has 6 nitrogen and oxygen atoms in total. The van der Waals surface area contributed by atoms with Gasteiger partial charge in [-0.1, -0.05) is 24.6 Å². The number of aryl methyl sites for hydroxylation is 2. The third kappa shape index (κ3) is 5.52. The SMILES string of the molecule is CNc1ccc(-c2ccnc3c2C=C(CN2CC=C(c4c(C)cc(C(=O)N(C)C)cc4C)CC2)C(C)C3)cn1. The molecule has 2 aliphatic rings. The second kappa shape index (κ2) is 11.1. The van der Waals surface area contributed by atoms with Crippen molar-refractivity contribution in [2.75, 3.05) is 46.1 Å². The summed E-state index contributed by atoms with van der Waals surface area (Å²) < 4.78 is 0. The largest absolute Gasteiger partial charge is 0.373 e. The molecule has 0 spiro atoms. The molecule has 1 aromatic carbocycles. The average Bonchev–Trinajstić information content (AvgIpc) is 2.93. The Hall–Kier alpha value is -3.77. The van der Waals surface area contributed by atoms with E-state index < -0.39 is 0 Å². The molecule has 0 saturated heterocycles. The smallest absolute Gasteiger partial charge is 0.253 e. The van der Waals surface area contributed by atoms with E-state index in [2.05, 4.69) is 60.3 Å². The standard InChI is InChI=1S/C33H39N5O/c1-21-17-30-29(28(9-12-35-30)25-7-8-31(34-4)36-19-25)18-27(21)20-38-13-10-24(11-14-38)32-22(2)15-26(16-23(32)3)33(39)37(5)6/h7-10,12,15-16,18-19,21H,11,13-14,17,20H2,1-6H3,(H,34,36). The molecular weight excluding hydrogens is 482 g/mol. The van der Waals surface area contributed by atoms with Crippen LogP contribution in [0.1, 0.15) is 51.7 Å². The molecule has 202 valence electrons. The van der Waals surface area contributed by atoms with Gasteiger partial charge >= 0.3 is 0 Å². The van der Waals surface area contributed by atoms with Crippen LogP contribution in [0.25, 0.3) is 22.8 Å². The predicted octanol–water partition coefficient (Wildman–Crippen LogP) is 5.87. The van der Waals surface area contributed by atoms with Crippen LogP contribution < -0.4 is 5.32 Å². The first kappa shape index (κ1) is 26.8. The van der Waals surface area contributed by atoms with Crippen LogP contribution in [-0.2, 0) is 6.42 Å². The van der Waals surface area contributed by atoms with Crippen LogP contribution in [0.2, 0.25) is 0 Å². The first-order chi connectivity index (χ1) is 18.7. The molecule has 2 aromatic heterocycles. The van der Waals surface area contributed by atoms with Gasteiger partial charge in [-0.15, -0.1) is 0 Å². The van der Waals surface area contributed by atoms with Crippen LogP contribution in [0.4, 0.5) is 5.82 Å². The van der Waals surface area contributed by atoms with E-state index in [1.54, 1.807) is 19.0 Å². The van der Waals surface area contributed by atoms with Crippen LogP contribution in [0.15, 0.2) is 54.4 Å². The summed E-state index contributed by atoms with van der Waals surface area (Å²) in [5.74, 6) is 1.38. The summed E-state index contributed by atoms with van der Waals surface area (Å²) in [6.07, 6.45) is 10.6. The van der Waals surface area contributed by atoms with E-state index in [0.717, 1.165) is 49.4 Å². The zero-order valence-electron chi connectivity index (χ0n) is 24.0. The molecular formula is C33H39N5O. The molecule has 39 heavy (non-hydrogen) atoms. The number of pyridine rings is 2. The Labute approximate surface area is 232 Å². The summed E-state index contributed by atoms with van der Waals surface area (Å²) in [6.45, 7) is 9.49. The number of carbonyl (C=O) groups excluding carboxylic acids is 1. The maximum absolute atomic E-state index is 12.5. The summed E-state index contributed by atoms with van der Waals surface area (Å²) in [4.78, 5) is 25.9. The van der Waals surface area contributed by atoms with Gasteiger partial charge in [-0.2, -0.15) is 0 Å². The van der Waals surface area contributed by atoms with Gasteiger partial charge in [0.05, 0.1) is 0 Å². The lowest BCUT2D eigenvalue weighted by atomic mass is 9.84. The van der Waals surface area contributed by atoms with Crippen LogP contribution in [0, 0.1) is 19.8 Å². The number of hydrogen-bond acceptors (Lipinski definition) is 5. The number of hydrogen-bond donors (Lipinski definition) is 1. The number of nitrogens with zero attached hydrogens (tertiary/aromatic N) is 4. The van der Waals surface area contributed by atoms with Crippen LogP contribution >= 0.6 is 0 Å².